The molecule has 2 aromatic rings. The van der Waals surface area contributed by atoms with E-state index < -0.39 is 5.91 Å². The number of rotatable bonds is 4. The number of amides is 1. The third-order valence-corrected chi connectivity index (χ3v) is 2.62. The second kappa shape index (κ2) is 5.44. The van der Waals surface area contributed by atoms with Crippen LogP contribution in [-0.2, 0) is 13.1 Å². The molecule has 0 bridgehead atoms. The van der Waals surface area contributed by atoms with Gasteiger partial charge in [0, 0.05) is 18.8 Å². The summed E-state index contributed by atoms with van der Waals surface area (Å²) < 4.78 is 3.05. The summed E-state index contributed by atoms with van der Waals surface area (Å²) in [6.45, 7) is 2.75. The molecule has 0 unspecified atom stereocenters. The Morgan fingerprint density at radius 3 is 2.95 bits per heavy atom. The van der Waals surface area contributed by atoms with E-state index in [0.717, 1.165) is 5.56 Å². The van der Waals surface area contributed by atoms with Crippen LogP contribution in [0, 0.1) is 6.92 Å². The van der Waals surface area contributed by atoms with Crippen molar-refractivity contribution in [2.24, 2.45) is 5.84 Å². The molecule has 1 amide bonds. The van der Waals surface area contributed by atoms with Crippen molar-refractivity contribution in [1.29, 1.82) is 0 Å². The maximum atomic E-state index is 11.7. The molecule has 0 saturated carbocycles. The van der Waals surface area contributed by atoms with Gasteiger partial charge in [0.05, 0.1) is 12.7 Å². The van der Waals surface area contributed by atoms with Gasteiger partial charge in [-0.15, -0.1) is 5.10 Å². The van der Waals surface area contributed by atoms with E-state index in [4.69, 9.17) is 5.84 Å². The smallest absolute Gasteiger partial charge is 0.287 e. The van der Waals surface area contributed by atoms with Gasteiger partial charge in [0.1, 0.15) is 0 Å². The highest BCUT2D eigenvalue weighted by Gasteiger charge is 2.08. The highest BCUT2D eigenvalue weighted by atomic mass is 16.2. The molecule has 2 heterocycles. The van der Waals surface area contributed by atoms with Gasteiger partial charge in [0.15, 0.2) is 5.69 Å². The molecule has 0 radical (unpaired) electrons. The molecule has 0 fully saturated rings. The summed E-state index contributed by atoms with van der Waals surface area (Å²) in [5.74, 6) is 4.49. The van der Waals surface area contributed by atoms with E-state index in [1.807, 2.05) is 18.4 Å². The third kappa shape index (κ3) is 3.05. The number of nitrogen functional groups attached to an aromatic ring is 1. The molecular formula is C11H14N6O2. The number of nitrogens with zero attached hydrogens (tertiary/aromatic N) is 4. The van der Waals surface area contributed by atoms with Gasteiger partial charge in [-0.05, 0) is 18.6 Å². The highest BCUT2D eigenvalue weighted by Crippen LogP contribution is 1.95. The van der Waals surface area contributed by atoms with E-state index in [9.17, 15) is 9.59 Å². The van der Waals surface area contributed by atoms with E-state index in [0.29, 0.717) is 13.1 Å². The zero-order chi connectivity index (χ0) is 13.8. The van der Waals surface area contributed by atoms with Crippen molar-refractivity contribution in [2.45, 2.75) is 20.0 Å². The summed E-state index contributed by atoms with van der Waals surface area (Å²) >= 11 is 0. The number of nitrogens with two attached hydrogens (primary N) is 1. The SMILES string of the molecule is Cc1ccn(CCn2cc(C(=O)NN)nn2)c(=O)c1. The average Bonchev–Trinajstić information content (AvgIpc) is 2.85. The van der Waals surface area contributed by atoms with Crippen LogP contribution in [0.2, 0.25) is 0 Å². The zero-order valence-corrected chi connectivity index (χ0v) is 10.4. The number of aromatic nitrogens is 4. The van der Waals surface area contributed by atoms with Crippen LogP contribution in [0.15, 0.2) is 29.3 Å². The summed E-state index contributed by atoms with van der Waals surface area (Å²) in [6, 6.07) is 3.42. The molecule has 19 heavy (non-hydrogen) atoms. The standard InChI is InChI=1S/C11H14N6O2/c1-8-2-3-16(10(18)6-8)4-5-17-7-9(14-15-17)11(19)13-12/h2-3,6-7H,4-5,12H2,1H3,(H,13,19). The number of hydrazine groups is 1. The summed E-state index contributed by atoms with van der Waals surface area (Å²) in [6.07, 6.45) is 3.20. The lowest BCUT2D eigenvalue weighted by molar-refractivity contribution is 0.0948. The largest absolute Gasteiger partial charge is 0.314 e. The number of nitrogens with one attached hydrogen (secondary N) is 1. The quantitative estimate of drug-likeness (QED) is 0.419. The predicted octanol–water partition coefficient (Wildman–Crippen LogP) is -0.948. The Morgan fingerprint density at radius 2 is 2.26 bits per heavy atom. The first-order valence-corrected chi connectivity index (χ1v) is 5.68. The fourth-order valence-electron chi connectivity index (χ4n) is 1.59. The van der Waals surface area contributed by atoms with Crippen molar-refractivity contribution >= 4 is 5.91 Å². The van der Waals surface area contributed by atoms with Crippen LogP contribution < -0.4 is 16.8 Å². The fourth-order valence-corrected chi connectivity index (χ4v) is 1.59. The summed E-state index contributed by atoms with van der Waals surface area (Å²) in [5.41, 5.74) is 2.96. The molecule has 8 heteroatoms. The molecule has 100 valence electrons. The lowest BCUT2D eigenvalue weighted by Gasteiger charge is -2.05. The molecule has 0 aromatic carbocycles. The highest BCUT2D eigenvalue weighted by molar-refractivity contribution is 5.91. The van der Waals surface area contributed by atoms with Crippen LogP contribution in [0.3, 0.4) is 0 Å². The van der Waals surface area contributed by atoms with Crippen LogP contribution in [-0.4, -0.2) is 25.5 Å². The van der Waals surface area contributed by atoms with Crippen molar-refractivity contribution in [3.8, 4) is 0 Å². The van der Waals surface area contributed by atoms with Gasteiger partial charge in [-0.2, -0.15) is 0 Å². The van der Waals surface area contributed by atoms with Crippen LogP contribution in [0.1, 0.15) is 16.1 Å². The zero-order valence-electron chi connectivity index (χ0n) is 10.4. The van der Waals surface area contributed by atoms with Crippen LogP contribution in [0.25, 0.3) is 0 Å². The molecule has 2 aromatic heterocycles. The van der Waals surface area contributed by atoms with Gasteiger partial charge in [-0.25, -0.2) is 10.5 Å². The maximum absolute atomic E-state index is 11.7. The second-order valence-corrected chi connectivity index (χ2v) is 4.08. The van der Waals surface area contributed by atoms with Crippen LogP contribution in [0.5, 0.6) is 0 Å². The maximum Gasteiger partial charge on any atom is 0.287 e. The Balaban J connectivity index is 2.04. The minimum atomic E-state index is -0.501. The Hall–Kier alpha value is -2.48. The van der Waals surface area contributed by atoms with Crippen molar-refractivity contribution in [2.75, 3.05) is 0 Å². The molecular weight excluding hydrogens is 248 g/mol. The summed E-state index contributed by atoms with van der Waals surface area (Å²) in [4.78, 5) is 22.8. The lowest BCUT2D eigenvalue weighted by atomic mass is 10.3. The normalized spacial score (nSPS) is 10.4. The van der Waals surface area contributed by atoms with Crippen molar-refractivity contribution < 1.29 is 4.79 Å². The number of hydrogen-bond acceptors (Lipinski definition) is 5. The lowest BCUT2D eigenvalue weighted by Crippen LogP contribution is -2.30. The molecule has 3 N–H and O–H groups in total. The van der Waals surface area contributed by atoms with E-state index in [1.54, 1.807) is 16.8 Å². The van der Waals surface area contributed by atoms with E-state index in [-0.39, 0.29) is 11.3 Å². The third-order valence-electron chi connectivity index (χ3n) is 2.62. The van der Waals surface area contributed by atoms with Gasteiger partial charge >= 0.3 is 0 Å². The second-order valence-electron chi connectivity index (χ2n) is 4.08. The molecule has 0 aliphatic heterocycles. The van der Waals surface area contributed by atoms with E-state index in [1.165, 1.54) is 10.9 Å². The Morgan fingerprint density at radius 1 is 1.47 bits per heavy atom. The first-order chi connectivity index (χ1) is 9.10. The Labute approximate surface area is 108 Å². The van der Waals surface area contributed by atoms with Crippen molar-refractivity contribution in [1.82, 2.24) is 25.0 Å². The molecule has 0 saturated heterocycles. The Kier molecular flexibility index (Phi) is 3.71. The molecule has 2 rings (SSSR count). The fraction of sp³-hybridized carbons (Fsp3) is 0.273. The minimum Gasteiger partial charge on any atom is -0.314 e. The molecule has 0 spiro atoms. The summed E-state index contributed by atoms with van der Waals surface area (Å²) in [7, 11) is 0. The number of carbonyl (C=O) groups is 1. The van der Waals surface area contributed by atoms with Crippen LogP contribution in [0.4, 0.5) is 0 Å². The number of hydrogen-bond donors (Lipinski definition) is 2. The summed E-state index contributed by atoms with van der Waals surface area (Å²) in [5, 5.41) is 7.45. The predicted molar refractivity (Wildman–Crippen MR) is 67.1 cm³/mol. The first kappa shape index (κ1) is 13.0. The molecule has 0 aliphatic carbocycles. The molecule has 8 nitrogen and oxygen atoms in total. The van der Waals surface area contributed by atoms with E-state index >= 15 is 0 Å². The topological polar surface area (TPSA) is 108 Å². The van der Waals surface area contributed by atoms with Gasteiger partial charge in [0.25, 0.3) is 11.5 Å². The van der Waals surface area contributed by atoms with Gasteiger partial charge < -0.3 is 4.57 Å². The van der Waals surface area contributed by atoms with Gasteiger partial charge in [0.2, 0.25) is 0 Å². The number of carbonyl (C=O) groups excluding carboxylic acids is 1. The van der Waals surface area contributed by atoms with Gasteiger partial charge in [-0.1, -0.05) is 5.21 Å². The Bertz CT molecular complexity index is 645. The molecule has 0 atom stereocenters. The molecule has 0 aliphatic rings. The number of pyridine rings is 1. The average molecular weight is 262 g/mol. The number of aryl methyl sites for hydroxylation is 3. The monoisotopic (exact) mass is 262 g/mol. The first-order valence-electron chi connectivity index (χ1n) is 5.68. The van der Waals surface area contributed by atoms with Crippen molar-refractivity contribution in [3.05, 3.63) is 46.1 Å². The van der Waals surface area contributed by atoms with E-state index in [2.05, 4.69) is 10.3 Å². The van der Waals surface area contributed by atoms with Crippen molar-refractivity contribution in [3.63, 3.8) is 0 Å². The minimum absolute atomic E-state index is 0.0694. The van der Waals surface area contributed by atoms with Gasteiger partial charge in [-0.3, -0.25) is 15.0 Å². The van der Waals surface area contributed by atoms with Crippen LogP contribution >= 0.6 is 0 Å².